The van der Waals surface area contributed by atoms with Crippen molar-refractivity contribution < 1.29 is 9.47 Å². The van der Waals surface area contributed by atoms with Crippen LogP contribution in [0, 0.1) is 0 Å². The molecule has 1 aliphatic heterocycles. The minimum Gasteiger partial charge on any atom is -0.494 e. The minimum absolute atomic E-state index is 0.787. The molecule has 1 fully saturated rings. The highest BCUT2D eigenvalue weighted by Gasteiger charge is 2.08. The largest absolute Gasteiger partial charge is 0.494 e. The van der Waals surface area contributed by atoms with Crippen molar-refractivity contribution >= 4 is 0 Å². The summed E-state index contributed by atoms with van der Waals surface area (Å²) in [5, 5.41) is 3.53. The van der Waals surface area contributed by atoms with Crippen molar-refractivity contribution in [2.24, 2.45) is 0 Å². The average Bonchev–Trinajstić information content (AvgIpc) is 2.70. The fraction of sp³-hybridized carbons (Fsp3) is 0.714. The van der Waals surface area contributed by atoms with Gasteiger partial charge in [-0.15, -0.1) is 0 Å². The van der Waals surface area contributed by atoms with Crippen molar-refractivity contribution in [3.8, 4) is 5.75 Å². The molecule has 1 N–H and O–H groups in total. The van der Waals surface area contributed by atoms with Crippen LogP contribution in [0.4, 0.5) is 0 Å². The summed E-state index contributed by atoms with van der Waals surface area (Å²) in [6.07, 6.45) is 2.27. The van der Waals surface area contributed by atoms with E-state index in [9.17, 15) is 0 Å². The maximum atomic E-state index is 5.85. The molecule has 26 heavy (non-hydrogen) atoms. The Bertz CT molecular complexity index is 457. The molecule has 1 aromatic rings. The van der Waals surface area contributed by atoms with Crippen molar-refractivity contribution in [1.29, 1.82) is 0 Å². The maximum Gasteiger partial charge on any atom is 0.119 e. The van der Waals surface area contributed by atoms with Crippen molar-refractivity contribution in [3.63, 3.8) is 0 Å². The molecule has 0 aliphatic carbocycles. The van der Waals surface area contributed by atoms with Crippen LogP contribution in [0.15, 0.2) is 24.3 Å². The van der Waals surface area contributed by atoms with Gasteiger partial charge in [-0.2, -0.15) is 0 Å². The van der Waals surface area contributed by atoms with Crippen molar-refractivity contribution in [2.75, 3.05) is 65.6 Å². The second-order valence-corrected chi connectivity index (χ2v) is 6.86. The van der Waals surface area contributed by atoms with Crippen LogP contribution in [0.2, 0.25) is 0 Å². The van der Waals surface area contributed by atoms with Gasteiger partial charge in [0.1, 0.15) is 5.75 Å². The molecule has 1 aliphatic rings. The van der Waals surface area contributed by atoms with Crippen LogP contribution >= 0.6 is 0 Å². The molecule has 0 bridgehead atoms. The standard InChI is InChI=1S/C21H37N3O2/c1-3-23(4-2)13-6-16-26-21-9-7-20(8-10-21)19-22-11-5-12-24-14-17-25-18-15-24/h7-10,22H,3-6,11-19H2,1-2H3. The van der Waals surface area contributed by atoms with Gasteiger partial charge in [0.05, 0.1) is 19.8 Å². The number of nitrogens with one attached hydrogen (secondary N) is 1. The summed E-state index contributed by atoms with van der Waals surface area (Å²) in [6, 6.07) is 8.49. The Morgan fingerprint density at radius 3 is 2.50 bits per heavy atom. The summed E-state index contributed by atoms with van der Waals surface area (Å²) >= 11 is 0. The molecule has 148 valence electrons. The number of hydrogen-bond donors (Lipinski definition) is 1. The predicted octanol–water partition coefficient (Wildman–Crippen LogP) is 2.61. The zero-order valence-corrected chi connectivity index (χ0v) is 16.7. The van der Waals surface area contributed by atoms with Gasteiger partial charge in [-0.3, -0.25) is 4.90 Å². The topological polar surface area (TPSA) is 37.0 Å². The number of hydrogen-bond acceptors (Lipinski definition) is 5. The minimum atomic E-state index is 0.787. The molecule has 5 nitrogen and oxygen atoms in total. The van der Waals surface area contributed by atoms with E-state index in [1.165, 1.54) is 12.0 Å². The van der Waals surface area contributed by atoms with E-state index in [2.05, 4.69) is 53.2 Å². The van der Waals surface area contributed by atoms with E-state index in [-0.39, 0.29) is 0 Å². The van der Waals surface area contributed by atoms with E-state index in [4.69, 9.17) is 9.47 Å². The zero-order valence-electron chi connectivity index (χ0n) is 16.7. The van der Waals surface area contributed by atoms with E-state index >= 15 is 0 Å². The lowest BCUT2D eigenvalue weighted by atomic mass is 10.2. The molecular formula is C21H37N3O2. The first-order chi connectivity index (χ1) is 12.8. The van der Waals surface area contributed by atoms with Crippen molar-refractivity contribution in [2.45, 2.75) is 33.2 Å². The lowest BCUT2D eigenvalue weighted by molar-refractivity contribution is 0.0374. The Balaban J connectivity index is 1.52. The molecule has 2 rings (SSSR count). The summed E-state index contributed by atoms with van der Waals surface area (Å²) in [5.74, 6) is 0.973. The third-order valence-electron chi connectivity index (χ3n) is 4.97. The highest BCUT2D eigenvalue weighted by atomic mass is 16.5. The summed E-state index contributed by atoms with van der Waals surface area (Å²) in [7, 11) is 0. The fourth-order valence-electron chi connectivity index (χ4n) is 3.21. The second kappa shape index (κ2) is 13.1. The molecule has 1 saturated heterocycles. The Kier molecular flexibility index (Phi) is 10.7. The molecule has 1 heterocycles. The van der Waals surface area contributed by atoms with Crippen LogP contribution in [0.1, 0.15) is 32.3 Å². The van der Waals surface area contributed by atoms with Crippen LogP contribution in [-0.2, 0) is 11.3 Å². The lowest BCUT2D eigenvalue weighted by Gasteiger charge is -2.26. The van der Waals surface area contributed by atoms with Gasteiger partial charge in [-0.05, 0) is 56.7 Å². The quantitative estimate of drug-likeness (QED) is 0.545. The first-order valence-electron chi connectivity index (χ1n) is 10.3. The van der Waals surface area contributed by atoms with Gasteiger partial charge >= 0.3 is 0 Å². The van der Waals surface area contributed by atoms with Gasteiger partial charge in [0.2, 0.25) is 0 Å². The lowest BCUT2D eigenvalue weighted by Crippen LogP contribution is -2.37. The first kappa shape index (κ1) is 21.2. The number of nitrogens with zero attached hydrogens (tertiary/aromatic N) is 2. The summed E-state index contributed by atoms with van der Waals surface area (Å²) in [5.41, 5.74) is 1.31. The summed E-state index contributed by atoms with van der Waals surface area (Å²) in [4.78, 5) is 4.91. The Labute approximate surface area is 159 Å². The summed E-state index contributed by atoms with van der Waals surface area (Å²) in [6.45, 7) is 15.6. The van der Waals surface area contributed by atoms with Gasteiger partial charge in [-0.25, -0.2) is 0 Å². The third kappa shape index (κ3) is 8.49. The van der Waals surface area contributed by atoms with E-state index < -0.39 is 0 Å². The highest BCUT2D eigenvalue weighted by Crippen LogP contribution is 2.12. The zero-order chi connectivity index (χ0) is 18.5. The molecule has 1 aromatic carbocycles. The molecule has 0 aromatic heterocycles. The number of ether oxygens (including phenoxy) is 2. The van der Waals surface area contributed by atoms with E-state index in [0.717, 1.165) is 84.3 Å². The van der Waals surface area contributed by atoms with Crippen LogP contribution in [-0.4, -0.2) is 75.4 Å². The average molecular weight is 364 g/mol. The molecule has 0 atom stereocenters. The Morgan fingerprint density at radius 1 is 1.08 bits per heavy atom. The maximum absolute atomic E-state index is 5.85. The third-order valence-corrected chi connectivity index (χ3v) is 4.97. The molecule has 0 saturated carbocycles. The van der Waals surface area contributed by atoms with Gasteiger partial charge in [0, 0.05) is 26.2 Å². The Hall–Kier alpha value is -1.14. The molecule has 0 unspecified atom stereocenters. The smallest absolute Gasteiger partial charge is 0.119 e. The number of morpholine rings is 1. The van der Waals surface area contributed by atoms with Gasteiger partial charge < -0.3 is 19.7 Å². The van der Waals surface area contributed by atoms with E-state index in [0.29, 0.717) is 0 Å². The normalized spacial score (nSPS) is 15.5. The fourth-order valence-corrected chi connectivity index (χ4v) is 3.21. The van der Waals surface area contributed by atoms with Crippen LogP contribution in [0.5, 0.6) is 5.75 Å². The molecule has 0 radical (unpaired) electrons. The molecule has 0 spiro atoms. The van der Waals surface area contributed by atoms with Crippen LogP contribution < -0.4 is 10.1 Å². The molecule has 5 heteroatoms. The second-order valence-electron chi connectivity index (χ2n) is 6.86. The molecular weight excluding hydrogens is 326 g/mol. The predicted molar refractivity (Wildman–Crippen MR) is 108 cm³/mol. The number of benzene rings is 1. The SMILES string of the molecule is CCN(CC)CCCOc1ccc(CNCCCN2CCOCC2)cc1. The van der Waals surface area contributed by atoms with Crippen LogP contribution in [0.25, 0.3) is 0 Å². The first-order valence-corrected chi connectivity index (χ1v) is 10.3. The van der Waals surface area contributed by atoms with Crippen molar-refractivity contribution in [3.05, 3.63) is 29.8 Å². The Morgan fingerprint density at radius 2 is 1.81 bits per heavy atom. The molecule has 0 amide bonds. The van der Waals surface area contributed by atoms with E-state index in [1.54, 1.807) is 0 Å². The van der Waals surface area contributed by atoms with Gasteiger partial charge in [-0.1, -0.05) is 26.0 Å². The van der Waals surface area contributed by atoms with Gasteiger partial charge in [0.15, 0.2) is 0 Å². The summed E-state index contributed by atoms with van der Waals surface area (Å²) < 4.78 is 11.2. The van der Waals surface area contributed by atoms with Gasteiger partial charge in [0.25, 0.3) is 0 Å². The monoisotopic (exact) mass is 363 g/mol. The van der Waals surface area contributed by atoms with Crippen molar-refractivity contribution in [1.82, 2.24) is 15.1 Å². The van der Waals surface area contributed by atoms with E-state index in [1.807, 2.05) is 0 Å². The van der Waals surface area contributed by atoms with Crippen LogP contribution in [0.3, 0.4) is 0 Å². The highest BCUT2D eigenvalue weighted by molar-refractivity contribution is 5.27. The number of rotatable bonds is 13.